The van der Waals surface area contributed by atoms with Crippen LogP contribution in [-0.4, -0.2) is 35.7 Å². The molecule has 6 heteroatoms. The molecule has 0 bridgehead atoms. The van der Waals surface area contributed by atoms with Crippen molar-refractivity contribution < 1.29 is 14.3 Å². The molecule has 1 fully saturated rings. The molecule has 2 aromatic rings. The molecule has 1 atom stereocenters. The van der Waals surface area contributed by atoms with Gasteiger partial charge in [-0.3, -0.25) is 9.59 Å². The Hall–Kier alpha value is -2.53. The maximum absolute atomic E-state index is 13.5. The van der Waals surface area contributed by atoms with Gasteiger partial charge in [-0.1, -0.05) is 61.2 Å². The molecule has 1 N–H and O–H groups in total. The number of amides is 2. The van der Waals surface area contributed by atoms with Crippen molar-refractivity contribution in [2.45, 2.75) is 57.7 Å². The topological polar surface area (TPSA) is 58.6 Å². The van der Waals surface area contributed by atoms with E-state index in [2.05, 4.69) is 5.32 Å². The minimum absolute atomic E-state index is 0.150. The van der Waals surface area contributed by atoms with E-state index >= 15 is 0 Å². The summed E-state index contributed by atoms with van der Waals surface area (Å²) < 4.78 is 5.23. The molecule has 1 saturated carbocycles. The van der Waals surface area contributed by atoms with Gasteiger partial charge in [0.1, 0.15) is 17.7 Å². The molecule has 2 aromatic carbocycles. The van der Waals surface area contributed by atoms with Gasteiger partial charge in [-0.15, -0.1) is 11.6 Å². The number of nitrogens with zero attached hydrogens (tertiary/aromatic N) is 1. The Labute approximate surface area is 189 Å². The third kappa shape index (κ3) is 6.23. The predicted molar refractivity (Wildman–Crippen MR) is 123 cm³/mol. The summed E-state index contributed by atoms with van der Waals surface area (Å²) in [6.07, 6.45) is 5.41. The van der Waals surface area contributed by atoms with E-state index in [-0.39, 0.29) is 30.3 Å². The van der Waals surface area contributed by atoms with Gasteiger partial charge < -0.3 is 15.0 Å². The number of hydrogen-bond donors (Lipinski definition) is 1. The Morgan fingerprint density at radius 1 is 1.06 bits per heavy atom. The monoisotopic (exact) mass is 442 g/mol. The van der Waals surface area contributed by atoms with Crippen molar-refractivity contribution in [3.63, 3.8) is 0 Å². The molecule has 0 unspecified atom stereocenters. The van der Waals surface area contributed by atoms with E-state index < -0.39 is 6.04 Å². The third-order valence-electron chi connectivity index (χ3n) is 5.85. The number of hydrogen-bond acceptors (Lipinski definition) is 3. The Balaban J connectivity index is 1.91. The summed E-state index contributed by atoms with van der Waals surface area (Å²) in [7, 11) is 1.61. The quantitative estimate of drug-likeness (QED) is 0.599. The van der Waals surface area contributed by atoms with Crippen LogP contribution >= 0.6 is 11.6 Å². The third-order valence-corrected chi connectivity index (χ3v) is 6.08. The van der Waals surface area contributed by atoms with Crippen LogP contribution in [0.3, 0.4) is 0 Å². The summed E-state index contributed by atoms with van der Waals surface area (Å²) in [6, 6.07) is 14.7. The van der Waals surface area contributed by atoms with Crippen LogP contribution in [0.4, 0.5) is 0 Å². The average Bonchev–Trinajstić information content (AvgIpc) is 2.80. The van der Waals surface area contributed by atoms with Crippen LogP contribution in [-0.2, 0) is 16.1 Å². The first-order chi connectivity index (χ1) is 15.0. The number of carbonyl (C=O) groups is 2. The van der Waals surface area contributed by atoms with Crippen molar-refractivity contribution in [2.24, 2.45) is 0 Å². The summed E-state index contributed by atoms with van der Waals surface area (Å²) >= 11 is 5.97. The van der Waals surface area contributed by atoms with Gasteiger partial charge in [0.05, 0.1) is 7.11 Å². The Bertz CT molecular complexity index is 861. The van der Waals surface area contributed by atoms with E-state index in [9.17, 15) is 9.59 Å². The number of aryl methyl sites for hydroxylation is 1. The summed E-state index contributed by atoms with van der Waals surface area (Å²) in [5, 5.41) is 3.20. The second-order valence-electron chi connectivity index (χ2n) is 8.16. The van der Waals surface area contributed by atoms with Gasteiger partial charge in [0.25, 0.3) is 0 Å². The number of carbonyl (C=O) groups excluding carboxylic acids is 2. The molecule has 1 aliphatic carbocycles. The zero-order valence-electron chi connectivity index (χ0n) is 18.3. The predicted octanol–water partition coefficient (Wildman–Crippen LogP) is 4.76. The number of rotatable bonds is 8. The maximum atomic E-state index is 13.5. The van der Waals surface area contributed by atoms with Crippen LogP contribution in [0.1, 0.15) is 54.8 Å². The molecular weight excluding hydrogens is 412 g/mol. The molecule has 5 nitrogen and oxygen atoms in total. The van der Waals surface area contributed by atoms with Gasteiger partial charge in [0.2, 0.25) is 11.8 Å². The van der Waals surface area contributed by atoms with Crippen LogP contribution in [0.15, 0.2) is 48.5 Å². The first-order valence-corrected chi connectivity index (χ1v) is 11.4. The standard InChI is InChI=1S/C25H31ClN2O3/c1-18-8-12-20(13-9-18)24(25(30)27-21-6-4-3-5-7-21)28(23(29)16-26)17-19-10-14-22(31-2)15-11-19/h8-15,21,24H,3-7,16-17H2,1-2H3,(H,27,30)/t24-/m1/s1. The number of nitrogens with one attached hydrogen (secondary N) is 1. The highest BCUT2D eigenvalue weighted by atomic mass is 35.5. The van der Waals surface area contributed by atoms with Crippen molar-refractivity contribution in [1.82, 2.24) is 10.2 Å². The van der Waals surface area contributed by atoms with E-state index in [1.807, 2.05) is 55.5 Å². The fourth-order valence-corrected chi connectivity index (χ4v) is 4.23. The average molecular weight is 443 g/mol. The van der Waals surface area contributed by atoms with Crippen molar-refractivity contribution >= 4 is 23.4 Å². The highest BCUT2D eigenvalue weighted by molar-refractivity contribution is 6.27. The summed E-state index contributed by atoms with van der Waals surface area (Å²) in [5.74, 6) is 0.128. The van der Waals surface area contributed by atoms with Crippen molar-refractivity contribution in [3.05, 3.63) is 65.2 Å². The molecule has 0 spiro atoms. The zero-order valence-corrected chi connectivity index (χ0v) is 19.0. The van der Waals surface area contributed by atoms with E-state index in [1.54, 1.807) is 12.0 Å². The van der Waals surface area contributed by atoms with Crippen molar-refractivity contribution in [3.8, 4) is 5.75 Å². The summed E-state index contributed by atoms with van der Waals surface area (Å²) in [4.78, 5) is 28.0. The van der Waals surface area contributed by atoms with E-state index in [1.165, 1.54) is 6.42 Å². The van der Waals surface area contributed by atoms with E-state index in [0.717, 1.165) is 48.1 Å². The van der Waals surface area contributed by atoms with Crippen LogP contribution < -0.4 is 10.1 Å². The van der Waals surface area contributed by atoms with Crippen molar-refractivity contribution in [2.75, 3.05) is 13.0 Å². The van der Waals surface area contributed by atoms with Gasteiger partial charge in [0, 0.05) is 12.6 Å². The molecule has 3 rings (SSSR count). The number of alkyl halides is 1. The van der Waals surface area contributed by atoms with Crippen molar-refractivity contribution in [1.29, 1.82) is 0 Å². The molecule has 0 aliphatic heterocycles. The smallest absolute Gasteiger partial charge is 0.247 e. The fourth-order valence-electron chi connectivity index (χ4n) is 4.08. The second-order valence-corrected chi connectivity index (χ2v) is 8.43. The largest absolute Gasteiger partial charge is 0.497 e. The van der Waals surface area contributed by atoms with Gasteiger partial charge in [-0.2, -0.15) is 0 Å². The maximum Gasteiger partial charge on any atom is 0.247 e. The molecule has 0 saturated heterocycles. The molecule has 2 amide bonds. The summed E-state index contributed by atoms with van der Waals surface area (Å²) in [5.41, 5.74) is 2.79. The van der Waals surface area contributed by atoms with Gasteiger partial charge in [-0.05, 0) is 43.0 Å². The number of benzene rings is 2. The lowest BCUT2D eigenvalue weighted by Gasteiger charge is -2.33. The summed E-state index contributed by atoms with van der Waals surface area (Å²) in [6.45, 7) is 2.28. The number of ether oxygens (including phenoxy) is 1. The lowest BCUT2D eigenvalue weighted by Crippen LogP contribution is -2.47. The Morgan fingerprint density at radius 2 is 1.71 bits per heavy atom. The van der Waals surface area contributed by atoms with Crippen LogP contribution in [0.25, 0.3) is 0 Å². The number of halogens is 1. The van der Waals surface area contributed by atoms with Crippen LogP contribution in [0.2, 0.25) is 0 Å². The first-order valence-electron chi connectivity index (χ1n) is 10.9. The lowest BCUT2D eigenvalue weighted by molar-refractivity contribution is -0.140. The molecule has 0 heterocycles. The SMILES string of the molecule is COc1ccc(CN(C(=O)CCl)[C@@H](C(=O)NC2CCCCC2)c2ccc(C)cc2)cc1. The molecule has 0 radical (unpaired) electrons. The number of methoxy groups -OCH3 is 1. The highest BCUT2D eigenvalue weighted by Gasteiger charge is 2.32. The minimum atomic E-state index is -0.740. The lowest BCUT2D eigenvalue weighted by atomic mass is 9.94. The highest BCUT2D eigenvalue weighted by Crippen LogP contribution is 2.27. The fraction of sp³-hybridized carbons (Fsp3) is 0.440. The zero-order chi connectivity index (χ0) is 22.2. The van der Waals surface area contributed by atoms with Crippen LogP contribution in [0.5, 0.6) is 5.75 Å². The second kappa shape index (κ2) is 11.2. The van der Waals surface area contributed by atoms with E-state index in [4.69, 9.17) is 16.3 Å². The molecule has 0 aromatic heterocycles. The molecule has 166 valence electrons. The Morgan fingerprint density at radius 3 is 2.29 bits per heavy atom. The van der Waals surface area contributed by atoms with E-state index in [0.29, 0.717) is 0 Å². The Kier molecular flexibility index (Phi) is 8.35. The minimum Gasteiger partial charge on any atom is -0.497 e. The van der Waals surface area contributed by atoms with Gasteiger partial charge in [0.15, 0.2) is 0 Å². The first kappa shape index (κ1) is 23.1. The molecule has 1 aliphatic rings. The molecule has 31 heavy (non-hydrogen) atoms. The van der Waals surface area contributed by atoms with Gasteiger partial charge in [-0.25, -0.2) is 0 Å². The van der Waals surface area contributed by atoms with Gasteiger partial charge >= 0.3 is 0 Å². The van der Waals surface area contributed by atoms with Crippen LogP contribution in [0, 0.1) is 6.92 Å². The normalized spacial score (nSPS) is 15.2. The molecular formula is C25H31ClN2O3.